The molecular weight excluding hydrogens is 374 g/mol. The summed E-state index contributed by atoms with van der Waals surface area (Å²) in [6, 6.07) is 7.38. The zero-order valence-electron chi connectivity index (χ0n) is 16.7. The Morgan fingerprint density at radius 2 is 2.18 bits per heavy atom. The normalized spacial score (nSPS) is 16.6. The van der Waals surface area contributed by atoms with Gasteiger partial charge in [0.2, 0.25) is 5.91 Å². The Balaban J connectivity index is 1.83. The van der Waals surface area contributed by atoms with Crippen molar-refractivity contribution in [3.63, 3.8) is 0 Å². The van der Waals surface area contributed by atoms with E-state index in [1.54, 1.807) is 10.6 Å². The minimum absolute atomic E-state index is 0.0346. The van der Waals surface area contributed by atoms with Crippen LogP contribution in [0.3, 0.4) is 0 Å². The van der Waals surface area contributed by atoms with Crippen LogP contribution in [0.4, 0.5) is 0 Å². The Morgan fingerprint density at radius 3 is 2.89 bits per heavy atom. The molecule has 1 amide bonds. The summed E-state index contributed by atoms with van der Waals surface area (Å²) in [5, 5.41) is 1.20. The number of benzene rings is 1. The van der Waals surface area contributed by atoms with Crippen LogP contribution in [0, 0.1) is 0 Å². The second-order valence-corrected chi connectivity index (χ2v) is 8.02. The molecule has 152 valence electrons. The van der Waals surface area contributed by atoms with Gasteiger partial charge in [0.05, 0.1) is 29.3 Å². The number of hydrogen-bond donors (Lipinski definition) is 0. The number of carbonyl (C=O) groups is 1. The van der Waals surface area contributed by atoms with E-state index in [9.17, 15) is 9.59 Å². The summed E-state index contributed by atoms with van der Waals surface area (Å²) in [4.78, 5) is 32.3. The molecule has 2 aromatic rings. The van der Waals surface area contributed by atoms with Crippen molar-refractivity contribution in [2.45, 2.75) is 57.3 Å². The molecule has 1 aromatic carbocycles. The highest BCUT2D eigenvalue weighted by molar-refractivity contribution is 7.99. The molecular formula is C21H29N3O3S. The second-order valence-electron chi connectivity index (χ2n) is 7.08. The molecule has 1 atom stereocenters. The molecule has 0 spiro atoms. The zero-order chi connectivity index (χ0) is 19.9. The molecule has 1 fully saturated rings. The van der Waals surface area contributed by atoms with Crippen molar-refractivity contribution in [2.24, 2.45) is 0 Å². The van der Waals surface area contributed by atoms with E-state index in [-0.39, 0.29) is 23.3 Å². The van der Waals surface area contributed by atoms with Crippen molar-refractivity contribution in [2.75, 3.05) is 25.4 Å². The maximum absolute atomic E-state index is 13.1. The van der Waals surface area contributed by atoms with Crippen LogP contribution < -0.4 is 5.56 Å². The largest absolute Gasteiger partial charge is 0.376 e. The minimum Gasteiger partial charge on any atom is -0.376 e. The summed E-state index contributed by atoms with van der Waals surface area (Å²) in [6.07, 6.45) is 4.06. The quantitative estimate of drug-likeness (QED) is 0.475. The van der Waals surface area contributed by atoms with Crippen molar-refractivity contribution in [3.05, 3.63) is 34.6 Å². The van der Waals surface area contributed by atoms with Gasteiger partial charge in [-0.1, -0.05) is 37.2 Å². The number of ether oxygens (including phenoxy) is 1. The molecule has 3 rings (SSSR count). The van der Waals surface area contributed by atoms with Gasteiger partial charge < -0.3 is 9.64 Å². The van der Waals surface area contributed by atoms with Crippen LogP contribution >= 0.6 is 11.8 Å². The van der Waals surface area contributed by atoms with E-state index < -0.39 is 0 Å². The standard InChI is InChI=1S/C21H29N3O3S/c1-3-5-12-23(4-2)19(25)15-28-21-22-18-11-7-6-10-17(18)20(26)24(21)14-16-9-8-13-27-16/h6-7,10-11,16H,3-5,8-9,12-15H2,1-2H3/t16-/m0/s1. The van der Waals surface area contributed by atoms with Crippen LogP contribution in [0.15, 0.2) is 34.2 Å². The number of aromatic nitrogens is 2. The molecule has 0 unspecified atom stereocenters. The number of nitrogens with zero attached hydrogens (tertiary/aromatic N) is 3. The fourth-order valence-electron chi connectivity index (χ4n) is 3.44. The zero-order valence-corrected chi connectivity index (χ0v) is 17.5. The van der Waals surface area contributed by atoms with Gasteiger partial charge in [0, 0.05) is 19.7 Å². The van der Waals surface area contributed by atoms with Crippen LogP contribution in [0.2, 0.25) is 0 Å². The molecule has 0 saturated carbocycles. The predicted octanol–water partition coefficient (Wildman–Crippen LogP) is 3.32. The number of carbonyl (C=O) groups excluding carboxylic acids is 1. The first-order valence-electron chi connectivity index (χ1n) is 10.2. The molecule has 1 aromatic heterocycles. The van der Waals surface area contributed by atoms with Gasteiger partial charge in [-0.15, -0.1) is 0 Å². The van der Waals surface area contributed by atoms with Crippen molar-refractivity contribution in [3.8, 4) is 0 Å². The van der Waals surface area contributed by atoms with E-state index in [1.807, 2.05) is 30.0 Å². The number of fused-ring (bicyclic) bond motifs is 1. The molecule has 1 aliphatic heterocycles. The van der Waals surface area contributed by atoms with Gasteiger partial charge in [-0.05, 0) is 38.3 Å². The van der Waals surface area contributed by atoms with Gasteiger partial charge in [-0.3, -0.25) is 14.2 Å². The minimum atomic E-state index is -0.0608. The van der Waals surface area contributed by atoms with Crippen molar-refractivity contribution in [1.82, 2.24) is 14.5 Å². The lowest BCUT2D eigenvalue weighted by molar-refractivity contribution is -0.128. The Kier molecular flexibility index (Phi) is 7.50. The molecule has 0 radical (unpaired) electrons. The summed E-state index contributed by atoms with van der Waals surface area (Å²) in [6.45, 7) is 6.83. The molecule has 6 nitrogen and oxygen atoms in total. The number of rotatable bonds is 9. The third-order valence-electron chi connectivity index (χ3n) is 5.08. The smallest absolute Gasteiger partial charge is 0.262 e. The molecule has 0 aliphatic carbocycles. The van der Waals surface area contributed by atoms with Crippen LogP contribution in [-0.2, 0) is 16.1 Å². The number of hydrogen-bond acceptors (Lipinski definition) is 5. The fourth-order valence-corrected chi connectivity index (χ4v) is 4.35. The summed E-state index contributed by atoms with van der Waals surface area (Å²) in [5.74, 6) is 0.375. The van der Waals surface area contributed by atoms with Gasteiger partial charge in [0.25, 0.3) is 5.56 Å². The van der Waals surface area contributed by atoms with Gasteiger partial charge in [-0.2, -0.15) is 0 Å². The highest BCUT2D eigenvalue weighted by Crippen LogP contribution is 2.21. The summed E-state index contributed by atoms with van der Waals surface area (Å²) < 4.78 is 7.43. The van der Waals surface area contributed by atoms with E-state index >= 15 is 0 Å². The molecule has 1 saturated heterocycles. The molecule has 2 heterocycles. The van der Waals surface area contributed by atoms with Crippen LogP contribution in [0.5, 0.6) is 0 Å². The molecule has 1 aliphatic rings. The van der Waals surface area contributed by atoms with Gasteiger partial charge >= 0.3 is 0 Å². The van der Waals surface area contributed by atoms with Crippen molar-refractivity contribution in [1.29, 1.82) is 0 Å². The monoisotopic (exact) mass is 403 g/mol. The summed E-state index contributed by atoms with van der Waals surface area (Å²) in [5.41, 5.74) is 0.610. The van der Waals surface area contributed by atoms with E-state index in [0.29, 0.717) is 29.1 Å². The third kappa shape index (κ3) is 4.94. The predicted molar refractivity (Wildman–Crippen MR) is 113 cm³/mol. The van der Waals surface area contributed by atoms with Gasteiger partial charge in [0.1, 0.15) is 0 Å². The number of thioether (sulfide) groups is 1. The first-order chi connectivity index (χ1) is 13.6. The van der Waals surface area contributed by atoms with Gasteiger partial charge in [0.15, 0.2) is 5.16 Å². The average Bonchev–Trinajstić information content (AvgIpc) is 3.22. The van der Waals surface area contributed by atoms with E-state index in [4.69, 9.17) is 9.72 Å². The first-order valence-corrected chi connectivity index (χ1v) is 11.1. The highest BCUT2D eigenvalue weighted by atomic mass is 32.2. The molecule has 0 bridgehead atoms. The maximum atomic E-state index is 13.1. The SMILES string of the molecule is CCCCN(CC)C(=O)CSc1nc2ccccc2c(=O)n1C[C@@H]1CCCO1. The maximum Gasteiger partial charge on any atom is 0.262 e. The van der Waals surface area contributed by atoms with Crippen molar-refractivity contribution >= 4 is 28.6 Å². The van der Waals surface area contributed by atoms with E-state index in [0.717, 1.165) is 38.8 Å². The Hall–Kier alpha value is -1.86. The Morgan fingerprint density at radius 1 is 1.36 bits per heavy atom. The summed E-state index contributed by atoms with van der Waals surface area (Å²) >= 11 is 1.35. The fraction of sp³-hybridized carbons (Fsp3) is 0.571. The lowest BCUT2D eigenvalue weighted by atomic mass is 10.2. The topological polar surface area (TPSA) is 64.4 Å². The third-order valence-corrected chi connectivity index (χ3v) is 6.04. The van der Waals surface area contributed by atoms with Gasteiger partial charge in [-0.25, -0.2) is 4.98 Å². The molecule has 7 heteroatoms. The summed E-state index contributed by atoms with van der Waals surface area (Å²) in [7, 11) is 0. The first kappa shape index (κ1) is 20.9. The highest BCUT2D eigenvalue weighted by Gasteiger charge is 2.21. The number of para-hydroxylation sites is 1. The van der Waals surface area contributed by atoms with Crippen molar-refractivity contribution < 1.29 is 9.53 Å². The Labute approximate surface area is 170 Å². The van der Waals surface area contributed by atoms with Crippen LogP contribution in [-0.4, -0.2) is 51.9 Å². The Bertz CT molecular complexity index is 862. The average molecular weight is 404 g/mol. The van der Waals surface area contributed by atoms with E-state index in [1.165, 1.54) is 11.8 Å². The molecule has 28 heavy (non-hydrogen) atoms. The van der Waals surface area contributed by atoms with E-state index in [2.05, 4.69) is 6.92 Å². The second kappa shape index (κ2) is 10.1. The lowest BCUT2D eigenvalue weighted by Gasteiger charge is -2.21. The molecule has 0 N–H and O–H groups in total. The van der Waals surface area contributed by atoms with Crippen LogP contribution in [0.1, 0.15) is 39.5 Å². The number of unbranched alkanes of at least 4 members (excludes halogenated alkanes) is 1. The lowest BCUT2D eigenvalue weighted by Crippen LogP contribution is -2.34. The van der Waals surface area contributed by atoms with Crippen LogP contribution in [0.25, 0.3) is 10.9 Å². The number of amides is 1.